The molecule has 1 fully saturated rings. The van der Waals surface area contributed by atoms with Crippen LogP contribution in [0, 0.1) is 11.7 Å². The van der Waals surface area contributed by atoms with Crippen molar-refractivity contribution in [1.29, 1.82) is 0 Å². The number of halogens is 1. The van der Waals surface area contributed by atoms with Gasteiger partial charge in [0.25, 0.3) is 0 Å². The summed E-state index contributed by atoms with van der Waals surface area (Å²) in [5, 5.41) is 12.6. The number of allylic oxidation sites excluding steroid dienone is 2. The monoisotopic (exact) mass is 531 g/mol. The minimum absolute atomic E-state index is 0.311. The van der Waals surface area contributed by atoms with Crippen LogP contribution in [0.4, 0.5) is 4.39 Å². The number of H-pyrrole nitrogens is 2. The van der Waals surface area contributed by atoms with Crippen molar-refractivity contribution in [2.45, 2.75) is 26.3 Å². The molecule has 9 heteroatoms. The molecular formula is C29H34FN7S. The van der Waals surface area contributed by atoms with Crippen LogP contribution in [-0.2, 0) is 6.54 Å². The highest BCUT2D eigenvalue weighted by molar-refractivity contribution is 8.25. The lowest BCUT2D eigenvalue weighted by Gasteiger charge is -2.23. The van der Waals surface area contributed by atoms with E-state index in [-0.39, 0.29) is 5.82 Å². The van der Waals surface area contributed by atoms with Gasteiger partial charge in [-0.2, -0.15) is 14.5 Å². The van der Waals surface area contributed by atoms with E-state index >= 15 is 0 Å². The Morgan fingerprint density at radius 3 is 2.79 bits per heavy atom. The Labute approximate surface area is 222 Å². The molecule has 0 aliphatic carbocycles. The van der Waals surface area contributed by atoms with E-state index in [0.29, 0.717) is 35.1 Å². The summed E-state index contributed by atoms with van der Waals surface area (Å²) in [4.78, 5) is 12.5. The summed E-state index contributed by atoms with van der Waals surface area (Å²) in [5.41, 5.74) is 5.60. The van der Waals surface area contributed by atoms with Gasteiger partial charge in [0.2, 0.25) is 0 Å². The number of imidazole rings is 1. The molecule has 4 aromatic rings. The molecule has 4 heterocycles. The zero-order valence-corrected chi connectivity index (χ0v) is 22.7. The van der Waals surface area contributed by atoms with Gasteiger partial charge in [0.1, 0.15) is 11.5 Å². The van der Waals surface area contributed by atoms with Crippen molar-refractivity contribution in [1.82, 2.24) is 35.2 Å². The van der Waals surface area contributed by atoms with Crippen molar-refractivity contribution in [3.63, 3.8) is 0 Å². The third-order valence-electron chi connectivity index (χ3n) is 6.90. The van der Waals surface area contributed by atoms with Crippen molar-refractivity contribution >= 4 is 45.0 Å². The van der Waals surface area contributed by atoms with Gasteiger partial charge in [0.15, 0.2) is 11.5 Å². The van der Waals surface area contributed by atoms with Gasteiger partial charge in [-0.05, 0) is 86.5 Å². The number of nitrogens with zero attached hydrogens (tertiary/aromatic N) is 3. The van der Waals surface area contributed by atoms with E-state index in [1.807, 2.05) is 24.5 Å². The lowest BCUT2D eigenvalue weighted by Crippen LogP contribution is -2.28. The van der Waals surface area contributed by atoms with Crippen LogP contribution in [0.25, 0.3) is 46.5 Å². The maximum absolute atomic E-state index is 14.6. The lowest BCUT2D eigenvalue weighted by atomic mass is 9.91. The highest BCUT2D eigenvalue weighted by atomic mass is 32.2. The average molecular weight is 532 g/mol. The van der Waals surface area contributed by atoms with Crippen LogP contribution in [0.3, 0.4) is 0 Å². The van der Waals surface area contributed by atoms with E-state index < -0.39 is 9.39 Å². The summed E-state index contributed by atoms with van der Waals surface area (Å²) in [7, 11) is -1.41. The summed E-state index contributed by atoms with van der Waals surface area (Å²) in [5.74, 6) is 8.92. The number of aromatic nitrogens is 5. The van der Waals surface area contributed by atoms with E-state index in [1.54, 1.807) is 6.20 Å². The zero-order chi connectivity index (χ0) is 26.9. The number of fused-ring (bicyclic) bond motifs is 1. The topological polar surface area (TPSA) is 94.3 Å². The summed E-state index contributed by atoms with van der Waals surface area (Å²) in [6, 6.07) is 6.86. The molecule has 0 amide bonds. The second-order valence-electron chi connectivity index (χ2n) is 10.2. The molecule has 0 radical (unpaired) electrons. The van der Waals surface area contributed by atoms with E-state index in [1.165, 1.54) is 17.7 Å². The highest BCUT2D eigenvalue weighted by Crippen LogP contribution is 2.29. The van der Waals surface area contributed by atoms with Gasteiger partial charge in [-0.15, -0.1) is 0 Å². The van der Waals surface area contributed by atoms with Crippen LogP contribution < -0.4 is 20.6 Å². The Bertz CT molecular complexity index is 1720. The third-order valence-corrected chi connectivity index (χ3v) is 7.75. The maximum atomic E-state index is 14.6. The number of piperidine rings is 1. The van der Waals surface area contributed by atoms with E-state index in [0.717, 1.165) is 53.2 Å². The smallest absolute Gasteiger partial charge is 0.178 e. The van der Waals surface area contributed by atoms with Crippen molar-refractivity contribution < 1.29 is 4.39 Å². The van der Waals surface area contributed by atoms with Crippen LogP contribution in [-0.4, -0.2) is 56.2 Å². The second-order valence-corrected chi connectivity index (χ2v) is 13.0. The minimum atomic E-state index is -1.41. The van der Waals surface area contributed by atoms with Gasteiger partial charge in [0.05, 0.1) is 10.9 Å². The van der Waals surface area contributed by atoms with Gasteiger partial charge in [-0.1, -0.05) is 30.0 Å². The molecule has 3 aromatic heterocycles. The SMILES string of the molecule is C=c1c(-c2nc3nccc(-c4cc(F)cc(CNS(=C)(=C)C)c4)c3[nH]2)n[nH]/c1=C/C=C(\C)C1CCNCC1. The summed E-state index contributed by atoms with van der Waals surface area (Å²) in [6.07, 6.45) is 10.1. The first-order chi connectivity index (χ1) is 18.2. The minimum Gasteiger partial charge on any atom is -0.335 e. The van der Waals surface area contributed by atoms with Crippen molar-refractivity contribution in [2.24, 2.45) is 5.92 Å². The fraction of sp³-hybridized carbons (Fsp3) is 0.276. The van der Waals surface area contributed by atoms with Gasteiger partial charge < -0.3 is 10.3 Å². The molecule has 0 unspecified atom stereocenters. The molecule has 4 N–H and O–H groups in total. The normalized spacial score (nSPS) is 16.0. The third kappa shape index (κ3) is 5.80. The number of hydrogen-bond acceptors (Lipinski definition) is 5. The molecule has 0 bridgehead atoms. The quantitative estimate of drug-likeness (QED) is 0.274. The zero-order valence-electron chi connectivity index (χ0n) is 21.9. The second kappa shape index (κ2) is 10.7. The first-order valence-electron chi connectivity index (χ1n) is 12.6. The summed E-state index contributed by atoms with van der Waals surface area (Å²) < 4.78 is 17.9. The molecule has 0 atom stereocenters. The number of nitrogens with one attached hydrogen (secondary N) is 4. The Balaban J connectivity index is 1.48. The maximum Gasteiger partial charge on any atom is 0.178 e. The molecule has 198 valence electrons. The Morgan fingerprint density at radius 2 is 2.03 bits per heavy atom. The van der Waals surface area contributed by atoms with Crippen molar-refractivity contribution in [3.8, 4) is 22.6 Å². The Kier molecular flexibility index (Phi) is 7.34. The number of hydrogen-bond donors (Lipinski definition) is 4. The van der Waals surface area contributed by atoms with Gasteiger partial charge in [0, 0.05) is 23.5 Å². The average Bonchev–Trinajstić information content (AvgIpc) is 3.48. The molecule has 5 rings (SSSR count). The predicted molar refractivity (Wildman–Crippen MR) is 160 cm³/mol. The van der Waals surface area contributed by atoms with Crippen molar-refractivity contribution in [2.75, 3.05) is 19.3 Å². The van der Waals surface area contributed by atoms with Crippen LogP contribution in [0.1, 0.15) is 25.3 Å². The van der Waals surface area contributed by atoms with Gasteiger partial charge >= 0.3 is 0 Å². The molecule has 1 aromatic carbocycles. The van der Waals surface area contributed by atoms with E-state index in [9.17, 15) is 4.39 Å². The van der Waals surface area contributed by atoms with E-state index in [4.69, 9.17) is 0 Å². The predicted octanol–water partition coefficient (Wildman–Crippen LogP) is 3.59. The fourth-order valence-electron chi connectivity index (χ4n) is 4.77. The largest absolute Gasteiger partial charge is 0.335 e. The lowest BCUT2D eigenvalue weighted by molar-refractivity contribution is 0.420. The molecule has 1 saturated heterocycles. The number of aromatic amines is 2. The first kappa shape index (κ1) is 26.1. The van der Waals surface area contributed by atoms with Crippen LogP contribution >= 0.6 is 9.39 Å². The molecule has 0 spiro atoms. The molecule has 1 aliphatic heterocycles. The molecule has 38 heavy (non-hydrogen) atoms. The van der Waals surface area contributed by atoms with E-state index in [2.05, 4.69) is 66.5 Å². The molecular weight excluding hydrogens is 497 g/mol. The number of rotatable bonds is 7. The Hall–Kier alpha value is -3.53. The highest BCUT2D eigenvalue weighted by Gasteiger charge is 2.16. The van der Waals surface area contributed by atoms with Crippen LogP contribution in [0.15, 0.2) is 42.1 Å². The summed E-state index contributed by atoms with van der Waals surface area (Å²) >= 11 is 0. The van der Waals surface area contributed by atoms with Gasteiger partial charge in [-0.25, -0.2) is 14.4 Å². The standard InChI is InChI=1S/C29H34FN7S/c1-18(21-8-11-31-12-9-21)6-7-25-19(2)26(37-36-25)29-34-27-24(10-13-32-28(27)35-29)22-14-20(15-23(30)16-22)17-33-38(3,4)5/h6-7,10,13-16,21,31,33,36H,2-4,8-9,11-12,17H2,1,5H3,(H,32,34,35)/b18-6+,25-7+. The number of benzene rings is 1. The first-order valence-corrected chi connectivity index (χ1v) is 15.0. The van der Waals surface area contributed by atoms with Crippen LogP contribution in [0.5, 0.6) is 0 Å². The summed E-state index contributed by atoms with van der Waals surface area (Å²) in [6.45, 7) is 9.04. The fourth-order valence-corrected chi connectivity index (χ4v) is 5.28. The van der Waals surface area contributed by atoms with Crippen LogP contribution in [0.2, 0.25) is 0 Å². The number of pyridine rings is 1. The molecule has 1 aliphatic rings. The van der Waals surface area contributed by atoms with Gasteiger partial charge in [-0.3, -0.25) is 9.82 Å². The molecule has 0 saturated carbocycles. The Morgan fingerprint density at radius 1 is 1.24 bits per heavy atom. The van der Waals surface area contributed by atoms with Crippen molar-refractivity contribution in [3.05, 3.63) is 64.1 Å². The molecule has 7 nitrogen and oxygen atoms in total.